The van der Waals surface area contributed by atoms with Crippen molar-refractivity contribution in [3.05, 3.63) is 17.3 Å². The number of thiophene rings is 1. The second-order valence-electron chi connectivity index (χ2n) is 6.35. The highest BCUT2D eigenvalue weighted by molar-refractivity contribution is 7.18. The molecule has 0 spiro atoms. The lowest BCUT2D eigenvalue weighted by Crippen LogP contribution is -2.35. The van der Waals surface area contributed by atoms with Gasteiger partial charge in [0.2, 0.25) is 0 Å². The standard InChI is InChI=1S/C17H26N4S/c1-3-14-9-15-16(19-12-20-17(15)22-14)18-10-13(2)11-21-7-5-4-6-8-21/h9,12-13H,3-8,10-11H2,1-2H3,(H,18,19,20). The smallest absolute Gasteiger partial charge is 0.138 e. The van der Waals surface area contributed by atoms with Crippen molar-refractivity contribution >= 4 is 27.4 Å². The quantitative estimate of drug-likeness (QED) is 0.880. The molecule has 1 aliphatic heterocycles. The van der Waals surface area contributed by atoms with E-state index in [0.717, 1.165) is 23.6 Å². The van der Waals surface area contributed by atoms with Crippen LogP contribution in [0.2, 0.25) is 0 Å². The van der Waals surface area contributed by atoms with Crippen LogP contribution in [0, 0.1) is 5.92 Å². The molecule has 2 aromatic rings. The third-order valence-electron chi connectivity index (χ3n) is 4.37. The first-order valence-corrected chi connectivity index (χ1v) is 9.27. The van der Waals surface area contributed by atoms with E-state index in [-0.39, 0.29) is 0 Å². The molecule has 0 aromatic carbocycles. The van der Waals surface area contributed by atoms with Gasteiger partial charge in [-0.1, -0.05) is 20.3 Å². The number of aryl methyl sites for hydroxylation is 1. The summed E-state index contributed by atoms with van der Waals surface area (Å²) in [6.07, 6.45) is 6.87. The number of fused-ring (bicyclic) bond motifs is 1. The molecule has 0 bridgehead atoms. The van der Waals surface area contributed by atoms with Crippen LogP contribution in [0.3, 0.4) is 0 Å². The molecule has 120 valence electrons. The lowest BCUT2D eigenvalue weighted by atomic mass is 10.1. The average molecular weight is 318 g/mol. The maximum absolute atomic E-state index is 4.44. The molecule has 1 N–H and O–H groups in total. The monoisotopic (exact) mass is 318 g/mol. The van der Waals surface area contributed by atoms with Crippen molar-refractivity contribution in [1.29, 1.82) is 0 Å². The molecular formula is C17H26N4S. The second kappa shape index (κ2) is 7.38. The molecule has 1 aliphatic rings. The third-order valence-corrected chi connectivity index (χ3v) is 5.55. The van der Waals surface area contributed by atoms with Crippen LogP contribution in [0.25, 0.3) is 10.2 Å². The molecule has 0 radical (unpaired) electrons. The Labute approximate surface area is 137 Å². The first kappa shape index (κ1) is 15.7. The lowest BCUT2D eigenvalue weighted by Gasteiger charge is -2.29. The Kier molecular flexibility index (Phi) is 5.26. The summed E-state index contributed by atoms with van der Waals surface area (Å²) in [6, 6.07) is 2.23. The topological polar surface area (TPSA) is 41.0 Å². The van der Waals surface area contributed by atoms with Gasteiger partial charge in [0.25, 0.3) is 0 Å². The molecule has 0 aliphatic carbocycles. The van der Waals surface area contributed by atoms with Crippen LogP contribution in [0.1, 0.15) is 38.0 Å². The van der Waals surface area contributed by atoms with E-state index in [1.54, 1.807) is 17.7 Å². The molecular weight excluding hydrogens is 292 g/mol. The zero-order chi connectivity index (χ0) is 15.4. The second-order valence-corrected chi connectivity index (χ2v) is 7.47. The van der Waals surface area contributed by atoms with Crippen molar-refractivity contribution in [1.82, 2.24) is 14.9 Å². The summed E-state index contributed by atoms with van der Waals surface area (Å²) in [7, 11) is 0. The minimum Gasteiger partial charge on any atom is -0.369 e. The molecule has 1 fully saturated rings. The molecule has 0 amide bonds. The third kappa shape index (κ3) is 3.76. The SMILES string of the molecule is CCc1cc2c(NCC(C)CN3CCCCC3)ncnc2s1. The number of aromatic nitrogens is 2. The van der Waals surface area contributed by atoms with Crippen molar-refractivity contribution in [3.63, 3.8) is 0 Å². The summed E-state index contributed by atoms with van der Waals surface area (Å²) in [6.45, 7) is 9.21. The van der Waals surface area contributed by atoms with E-state index in [0.29, 0.717) is 5.92 Å². The van der Waals surface area contributed by atoms with Crippen LogP contribution >= 0.6 is 11.3 Å². The summed E-state index contributed by atoms with van der Waals surface area (Å²) in [5, 5.41) is 4.72. The Morgan fingerprint density at radius 1 is 1.27 bits per heavy atom. The zero-order valence-electron chi connectivity index (χ0n) is 13.6. The Morgan fingerprint density at radius 2 is 2.09 bits per heavy atom. The minimum absolute atomic E-state index is 0.632. The molecule has 3 heterocycles. The lowest BCUT2D eigenvalue weighted by molar-refractivity contribution is 0.204. The molecule has 2 aromatic heterocycles. The van der Waals surface area contributed by atoms with E-state index in [1.165, 1.54) is 49.2 Å². The number of piperidine rings is 1. The average Bonchev–Trinajstić information content (AvgIpc) is 2.97. The largest absolute Gasteiger partial charge is 0.369 e. The summed E-state index contributed by atoms with van der Waals surface area (Å²) >= 11 is 1.77. The van der Waals surface area contributed by atoms with Crippen LogP contribution in [0.4, 0.5) is 5.82 Å². The minimum atomic E-state index is 0.632. The molecule has 5 heteroatoms. The summed E-state index contributed by atoms with van der Waals surface area (Å²) < 4.78 is 0. The van der Waals surface area contributed by atoms with Gasteiger partial charge in [-0.2, -0.15) is 0 Å². The van der Waals surface area contributed by atoms with E-state index in [2.05, 4.69) is 40.1 Å². The summed E-state index contributed by atoms with van der Waals surface area (Å²) in [4.78, 5) is 13.9. The number of nitrogens with zero attached hydrogens (tertiary/aromatic N) is 3. The van der Waals surface area contributed by atoms with Gasteiger partial charge in [0.05, 0.1) is 5.39 Å². The van der Waals surface area contributed by atoms with Crippen LogP contribution < -0.4 is 5.32 Å². The Balaban J connectivity index is 1.59. The Morgan fingerprint density at radius 3 is 2.86 bits per heavy atom. The zero-order valence-corrected chi connectivity index (χ0v) is 14.5. The maximum Gasteiger partial charge on any atom is 0.138 e. The van der Waals surface area contributed by atoms with Crippen LogP contribution in [0.5, 0.6) is 0 Å². The molecule has 0 saturated carbocycles. The molecule has 3 rings (SSSR count). The Hall–Kier alpha value is -1.20. The van der Waals surface area contributed by atoms with E-state index < -0.39 is 0 Å². The number of rotatable bonds is 6. The summed E-state index contributed by atoms with van der Waals surface area (Å²) in [5.41, 5.74) is 0. The van der Waals surface area contributed by atoms with Gasteiger partial charge in [-0.05, 0) is 44.3 Å². The van der Waals surface area contributed by atoms with Crippen molar-refractivity contribution in [2.24, 2.45) is 5.92 Å². The van der Waals surface area contributed by atoms with E-state index in [4.69, 9.17) is 0 Å². The van der Waals surface area contributed by atoms with Crippen LogP contribution in [0.15, 0.2) is 12.4 Å². The predicted molar refractivity (Wildman–Crippen MR) is 94.7 cm³/mol. The van der Waals surface area contributed by atoms with Gasteiger partial charge in [-0.15, -0.1) is 11.3 Å². The highest BCUT2D eigenvalue weighted by atomic mass is 32.1. The van der Waals surface area contributed by atoms with E-state index >= 15 is 0 Å². The fraction of sp³-hybridized carbons (Fsp3) is 0.647. The molecule has 4 nitrogen and oxygen atoms in total. The molecule has 1 saturated heterocycles. The van der Waals surface area contributed by atoms with Gasteiger partial charge in [0.15, 0.2) is 0 Å². The normalized spacial score (nSPS) is 17.7. The van der Waals surface area contributed by atoms with Gasteiger partial charge in [0.1, 0.15) is 17.0 Å². The van der Waals surface area contributed by atoms with Crippen molar-refractivity contribution in [3.8, 4) is 0 Å². The Bertz CT molecular complexity index is 604. The highest BCUT2D eigenvalue weighted by Gasteiger charge is 2.14. The van der Waals surface area contributed by atoms with Crippen molar-refractivity contribution in [2.45, 2.75) is 39.5 Å². The van der Waals surface area contributed by atoms with E-state index in [1.807, 2.05) is 0 Å². The fourth-order valence-corrected chi connectivity index (χ4v) is 4.07. The van der Waals surface area contributed by atoms with Gasteiger partial charge >= 0.3 is 0 Å². The van der Waals surface area contributed by atoms with Gasteiger partial charge in [-0.25, -0.2) is 9.97 Å². The van der Waals surface area contributed by atoms with Gasteiger partial charge in [0, 0.05) is 18.0 Å². The first-order valence-electron chi connectivity index (χ1n) is 8.46. The van der Waals surface area contributed by atoms with E-state index in [9.17, 15) is 0 Å². The molecule has 22 heavy (non-hydrogen) atoms. The predicted octanol–water partition coefficient (Wildman–Crippen LogP) is 3.79. The van der Waals surface area contributed by atoms with Gasteiger partial charge in [-0.3, -0.25) is 0 Å². The van der Waals surface area contributed by atoms with Crippen molar-refractivity contribution in [2.75, 3.05) is 31.5 Å². The van der Waals surface area contributed by atoms with Crippen LogP contribution in [-0.4, -0.2) is 41.0 Å². The fourth-order valence-electron chi connectivity index (χ4n) is 3.14. The highest BCUT2D eigenvalue weighted by Crippen LogP contribution is 2.28. The van der Waals surface area contributed by atoms with Gasteiger partial charge < -0.3 is 10.2 Å². The number of hydrogen-bond acceptors (Lipinski definition) is 5. The first-order chi connectivity index (χ1) is 10.8. The summed E-state index contributed by atoms with van der Waals surface area (Å²) in [5.74, 6) is 1.62. The number of nitrogens with one attached hydrogen (secondary N) is 1. The maximum atomic E-state index is 4.44. The molecule has 1 atom stereocenters. The number of anilines is 1. The number of hydrogen-bond donors (Lipinski definition) is 1. The van der Waals surface area contributed by atoms with Crippen molar-refractivity contribution < 1.29 is 0 Å². The number of likely N-dealkylation sites (tertiary alicyclic amines) is 1. The molecule has 1 unspecified atom stereocenters. The van der Waals surface area contributed by atoms with Crippen LogP contribution in [-0.2, 0) is 6.42 Å².